The number of rotatable bonds is 13. The SMILES string of the molecule is CSCC[C@@H](C(=O)O)N(c1cnc2ccc(-c3cc(Cl)c(O)c(Cl)c3)cc2c1NC1CCN(CCN(C)C)CC1)C1CC1. The van der Waals surface area contributed by atoms with E-state index in [0.29, 0.717) is 6.42 Å². The average molecular weight is 647 g/mol. The Morgan fingerprint density at radius 2 is 1.81 bits per heavy atom. The Morgan fingerprint density at radius 1 is 1.12 bits per heavy atom. The van der Waals surface area contributed by atoms with Crippen molar-refractivity contribution >= 4 is 63.2 Å². The van der Waals surface area contributed by atoms with E-state index in [1.807, 2.05) is 24.6 Å². The molecule has 1 atom stereocenters. The molecule has 5 rings (SSSR count). The second-order valence-corrected chi connectivity index (χ2v) is 13.7. The maximum absolute atomic E-state index is 12.6. The number of phenols is 1. The lowest BCUT2D eigenvalue weighted by atomic mass is 9.99. The Bertz CT molecular complexity index is 1420. The zero-order valence-electron chi connectivity index (χ0n) is 25.0. The Balaban J connectivity index is 1.57. The van der Waals surface area contributed by atoms with Crippen LogP contribution in [0.25, 0.3) is 22.0 Å². The molecule has 2 aromatic carbocycles. The van der Waals surface area contributed by atoms with Gasteiger partial charge in [0.2, 0.25) is 0 Å². The van der Waals surface area contributed by atoms with E-state index < -0.39 is 12.0 Å². The Morgan fingerprint density at radius 3 is 2.42 bits per heavy atom. The van der Waals surface area contributed by atoms with Gasteiger partial charge < -0.3 is 30.2 Å². The molecule has 2 fully saturated rings. The van der Waals surface area contributed by atoms with Gasteiger partial charge in [-0.2, -0.15) is 11.8 Å². The molecular formula is C32H41Cl2N5O3S. The summed E-state index contributed by atoms with van der Waals surface area (Å²) in [6.45, 7) is 4.11. The molecule has 232 valence electrons. The zero-order chi connectivity index (χ0) is 30.7. The molecule has 1 aliphatic carbocycles. The van der Waals surface area contributed by atoms with E-state index in [2.05, 4.69) is 40.2 Å². The number of carboxylic acids is 1. The van der Waals surface area contributed by atoms with E-state index in [-0.39, 0.29) is 27.9 Å². The van der Waals surface area contributed by atoms with Gasteiger partial charge in [0.05, 0.1) is 33.1 Å². The van der Waals surface area contributed by atoms with E-state index in [0.717, 1.165) is 91.0 Å². The zero-order valence-corrected chi connectivity index (χ0v) is 27.4. The normalized spacial score (nSPS) is 17.0. The van der Waals surface area contributed by atoms with E-state index in [1.54, 1.807) is 23.9 Å². The van der Waals surface area contributed by atoms with Crippen molar-refractivity contribution in [2.24, 2.45) is 0 Å². The molecule has 0 radical (unpaired) electrons. The smallest absolute Gasteiger partial charge is 0.326 e. The minimum atomic E-state index is -0.802. The van der Waals surface area contributed by atoms with E-state index in [1.165, 1.54) is 0 Å². The fourth-order valence-electron chi connectivity index (χ4n) is 5.87. The number of carboxylic acid groups (broad SMARTS) is 1. The van der Waals surface area contributed by atoms with Crippen LogP contribution in [0.1, 0.15) is 32.1 Å². The van der Waals surface area contributed by atoms with Crippen LogP contribution in [0.3, 0.4) is 0 Å². The Kier molecular flexibility index (Phi) is 10.5. The maximum atomic E-state index is 12.6. The Labute approximate surface area is 268 Å². The largest absolute Gasteiger partial charge is 0.505 e. The predicted octanol–water partition coefficient (Wildman–Crippen LogP) is 6.53. The first-order chi connectivity index (χ1) is 20.7. The molecule has 11 heteroatoms. The first-order valence-corrected chi connectivity index (χ1v) is 17.1. The summed E-state index contributed by atoms with van der Waals surface area (Å²) in [4.78, 5) is 24.3. The molecule has 8 nitrogen and oxygen atoms in total. The summed E-state index contributed by atoms with van der Waals surface area (Å²) in [5, 5.41) is 25.7. The van der Waals surface area contributed by atoms with Crippen LogP contribution in [0.2, 0.25) is 10.0 Å². The lowest BCUT2D eigenvalue weighted by molar-refractivity contribution is -0.138. The van der Waals surface area contributed by atoms with Crippen LogP contribution in [0, 0.1) is 0 Å². The van der Waals surface area contributed by atoms with Gasteiger partial charge >= 0.3 is 5.97 Å². The molecule has 1 aromatic heterocycles. The number of phenolic OH excluding ortho intramolecular Hbond substituents is 1. The topological polar surface area (TPSA) is 92.2 Å². The third-order valence-electron chi connectivity index (χ3n) is 8.43. The monoisotopic (exact) mass is 645 g/mol. The van der Waals surface area contributed by atoms with Crippen LogP contribution in [-0.2, 0) is 4.79 Å². The van der Waals surface area contributed by atoms with Crippen molar-refractivity contribution in [2.75, 3.05) is 62.5 Å². The average Bonchev–Trinajstić information content (AvgIpc) is 3.83. The number of pyridine rings is 1. The number of anilines is 2. The highest BCUT2D eigenvalue weighted by Crippen LogP contribution is 2.43. The number of halogens is 2. The van der Waals surface area contributed by atoms with Crippen LogP contribution in [0.4, 0.5) is 11.4 Å². The van der Waals surface area contributed by atoms with E-state index in [9.17, 15) is 15.0 Å². The summed E-state index contributed by atoms with van der Waals surface area (Å²) >= 11 is 14.2. The minimum absolute atomic E-state index is 0.138. The molecular weight excluding hydrogens is 605 g/mol. The van der Waals surface area contributed by atoms with Crippen molar-refractivity contribution in [3.63, 3.8) is 0 Å². The maximum Gasteiger partial charge on any atom is 0.326 e. The number of fused-ring (bicyclic) bond motifs is 1. The molecule has 2 aliphatic rings. The number of hydrogen-bond acceptors (Lipinski definition) is 8. The number of aliphatic carboxylic acids is 1. The van der Waals surface area contributed by atoms with Crippen molar-refractivity contribution in [1.82, 2.24) is 14.8 Å². The standard InChI is InChI=1S/C32H41Cl2N5O3S/c1-37(2)13-14-38-11-8-22(9-12-38)36-30-24-16-20(21-17-25(33)31(40)26(34)18-21)4-7-27(24)35-19-29(30)39(23-5-6-23)28(32(41)42)10-15-43-3/h4,7,16-19,22-23,28,40H,5-6,8-15H2,1-3H3,(H,35,36)(H,41,42)/t28-/m0/s1. The van der Waals surface area contributed by atoms with Gasteiger partial charge in [-0.15, -0.1) is 0 Å². The molecule has 1 aliphatic heterocycles. The van der Waals surface area contributed by atoms with Gasteiger partial charge in [0.25, 0.3) is 0 Å². The van der Waals surface area contributed by atoms with E-state index >= 15 is 0 Å². The highest BCUT2D eigenvalue weighted by atomic mass is 35.5. The van der Waals surface area contributed by atoms with Gasteiger partial charge in [-0.05, 0) is 93.6 Å². The van der Waals surface area contributed by atoms with Crippen LogP contribution >= 0.6 is 35.0 Å². The van der Waals surface area contributed by atoms with E-state index in [4.69, 9.17) is 28.2 Å². The number of benzene rings is 2. The van der Waals surface area contributed by atoms with Crippen molar-refractivity contribution < 1.29 is 15.0 Å². The van der Waals surface area contributed by atoms with Gasteiger partial charge in [-0.3, -0.25) is 4.98 Å². The first kappa shape index (κ1) is 32.0. The summed E-state index contributed by atoms with van der Waals surface area (Å²) in [6, 6.07) is 9.22. The third kappa shape index (κ3) is 7.63. The number of piperidine rings is 1. The summed E-state index contributed by atoms with van der Waals surface area (Å²) < 4.78 is 0. The van der Waals surface area contributed by atoms with Gasteiger partial charge in [0.15, 0.2) is 5.75 Å². The number of likely N-dealkylation sites (N-methyl/N-ethyl adjacent to an activating group) is 1. The van der Waals surface area contributed by atoms with Crippen LogP contribution in [0.15, 0.2) is 36.5 Å². The number of nitrogens with zero attached hydrogens (tertiary/aromatic N) is 4. The van der Waals surface area contributed by atoms with Gasteiger partial charge in [-0.25, -0.2) is 4.79 Å². The highest BCUT2D eigenvalue weighted by molar-refractivity contribution is 7.98. The molecule has 0 unspecified atom stereocenters. The van der Waals surface area contributed by atoms with Crippen LogP contribution in [0.5, 0.6) is 5.75 Å². The van der Waals surface area contributed by atoms with Crippen molar-refractivity contribution in [3.8, 4) is 16.9 Å². The second kappa shape index (κ2) is 14.1. The molecule has 1 saturated carbocycles. The fraction of sp³-hybridized carbons (Fsp3) is 0.500. The number of hydrogen-bond donors (Lipinski definition) is 3. The van der Waals surface area contributed by atoms with Gasteiger partial charge in [-0.1, -0.05) is 29.3 Å². The summed E-state index contributed by atoms with van der Waals surface area (Å²) in [5.74, 6) is -0.175. The number of nitrogens with one attached hydrogen (secondary N) is 1. The molecule has 3 N–H and O–H groups in total. The molecule has 3 aromatic rings. The van der Waals surface area contributed by atoms with Crippen molar-refractivity contribution in [2.45, 2.75) is 50.2 Å². The third-order valence-corrected chi connectivity index (χ3v) is 9.65. The molecule has 1 saturated heterocycles. The van der Waals surface area contributed by atoms with Crippen LogP contribution < -0.4 is 10.2 Å². The lowest BCUT2D eigenvalue weighted by Gasteiger charge is -2.36. The molecule has 0 spiro atoms. The van der Waals surface area contributed by atoms with Gasteiger partial charge in [0.1, 0.15) is 6.04 Å². The molecule has 2 heterocycles. The lowest BCUT2D eigenvalue weighted by Crippen LogP contribution is -2.44. The quantitative estimate of drug-likeness (QED) is 0.192. The number of carbonyl (C=O) groups is 1. The predicted molar refractivity (Wildman–Crippen MR) is 180 cm³/mol. The number of aromatic nitrogens is 1. The summed E-state index contributed by atoms with van der Waals surface area (Å²) in [5.41, 5.74) is 4.25. The number of likely N-dealkylation sites (tertiary alicyclic amines) is 1. The first-order valence-electron chi connectivity index (χ1n) is 14.9. The molecule has 0 bridgehead atoms. The number of aromatic hydroxyl groups is 1. The minimum Gasteiger partial charge on any atom is -0.505 e. The Hall–Kier alpha value is -2.43. The summed E-state index contributed by atoms with van der Waals surface area (Å²) in [6.07, 6.45) is 8.36. The molecule has 0 amide bonds. The van der Waals surface area contributed by atoms with Crippen LogP contribution in [-0.4, -0.2) is 101 Å². The van der Waals surface area contributed by atoms with Crippen molar-refractivity contribution in [3.05, 3.63) is 46.6 Å². The summed E-state index contributed by atoms with van der Waals surface area (Å²) in [7, 11) is 4.21. The van der Waals surface area contributed by atoms with Gasteiger partial charge in [0, 0.05) is 43.6 Å². The van der Waals surface area contributed by atoms with Crippen molar-refractivity contribution in [1.29, 1.82) is 0 Å². The molecule has 43 heavy (non-hydrogen) atoms. The highest BCUT2D eigenvalue weighted by Gasteiger charge is 2.39. The number of thioether (sulfide) groups is 1. The fourth-order valence-corrected chi connectivity index (χ4v) is 6.82. The second-order valence-electron chi connectivity index (χ2n) is 11.9.